The third kappa shape index (κ3) is 6.66. The van der Waals surface area contributed by atoms with Gasteiger partial charge in [-0.25, -0.2) is 0 Å². The topological polar surface area (TPSA) is 0 Å². The average molecular weight is 220 g/mol. The van der Waals surface area contributed by atoms with E-state index in [-0.39, 0.29) is 0 Å². The summed E-state index contributed by atoms with van der Waals surface area (Å²) in [5.74, 6) is 0.639. The SMILES string of the molecule is CCC(C)(C)/C=C/C(C)=C/C=C(\C)C(C)C. The number of hydrogen-bond donors (Lipinski definition) is 0. The van der Waals surface area contributed by atoms with Crippen molar-refractivity contribution in [1.29, 1.82) is 0 Å². The Kier molecular flexibility index (Phi) is 6.40. The smallest absolute Gasteiger partial charge is 0.0174 e. The Hall–Kier alpha value is -0.780. The van der Waals surface area contributed by atoms with Crippen molar-refractivity contribution in [3.63, 3.8) is 0 Å². The predicted molar refractivity (Wildman–Crippen MR) is 75.6 cm³/mol. The van der Waals surface area contributed by atoms with Crippen LogP contribution in [0.5, 0.6) is 0 Å². The van der Waals surface area contributed by atoms with Crippen LogP contribution in [0.25, 0.3) is 0 Å². The Labute approximate surface area is 102 Å². The van der Waals surface area contributed by atoms with Crippen LogP contribution in [-0.2, 0) is 0 Å². The lowest BCUT2D eigenvalue weighted by Gasteiger charge is -2.16. The van der Waals surface area contributed by atoms with E-state index in [0.717, 1.165) is 0 Å². The molecule has 0 aromatic carbocycles. The second-order valence-corrected chi connectivity index (χ2v) is 5.65. The summed E-state index contributed by atoms with van der Waals surface area (Å²) in [6.45, 7) is 15.6. The molecule has 0 N–H and O–H groups in total. The van der Waals surface area contributed by atoms with Gasteiger partial charge in [-0.15, -0.1) is 0 Å². The summed E-state index contributed by atoms with van der Waals surface area (Å²) in [6.07, 6.45) is 10.1. The van der Waals surface area contributed by atoms with Gasteiger partial charge in [0, 0.05) is 0 Å². The molecule has 92 valence electrons. The van der Waals surface area contributed by atoms with Gasteiger partial charge < -0.3 is 0 Å². The molecule has 0 radical (unpaired) electrons. The molecule has 0 aromatic rings. The molecule has 0 saturated heterocycles. The Bertz CT molecular complexity index is 285. The van der Waals surface area contributed by atoms with Crippen LogP contribution in [0.1, 0.15) is 54.9 Å². The van der Waals surface area contributed by atoms with Crippen LogP contribution >= 0.6 is 0 Å². The summed E-state index contributed by atoms with van der Waals surface area (Å²) in [6, 6.07) is 0. The lowest BCUT2D eigenvalue weighted by atomic mass is 9.89. The van der Waals surface area contributed by atoms with Crippen molar-refractivity contribution in [3.05, 3.63) is 35.5 Å². The minimum absolute atomic E-state index is 0.311. The van der Waals surface area contributed by atoms with E-state index in [9.17, 15) is 0 Å². The summed E-state index contributed by atoms with van der Waals surface area (Å²) in [5, 5.41) is 0. The van der Waals surface area contributed by atoms with Crippen molar-refractivity contribution in [2.45, 2.75) is 54.9 Å². The van der Waals surface area contributed by atoms with E-state index in [1.165, 1.54) is 17.6 Å². The normalized spacial score (nSPS) is 15.2. The van der Waals surface area contributed by atoms with Crippen LogP contribution in [0.2, 0.25) is 0 Å². The molecule has 0 atom stereocenters. The summed E-state index contributed by atoms with van der Waals surface area (Å²) >= 11 is 0. The van der Waals surface area contributed by atoms with E-state index in [0.29, 0.717) is 11.3 Å². The number of rotatable bonds is 5. The molecule has 0 fully saturated rings. The van der Waals surface area contributed by atoms with E-state index in [4.69, 9.17) is 0 Å². The zero-order valence-corrected chi connectivity index (χ0v) is 12.1. The predicted octanol–water partition coefficient (Wildman–Crippen LogP) is 5.53. The molecule has 0 heterocycles. The Morgan fingerprint density at radius 1 is 1.12 bits per heavy atom. The van der Waals surface area contributed by atoms with Crippen LogP contribution in [0.3, 0.4) is 0 Å². The first-order valence-electron chi connectivity index (χ1n) is 6.33. The molecule has 16 heavy (non-hydrogen) atoms. The third-order valence-electron chi connectivity index (χ3n) is 3.23. The molecular weight excluding hydrogens is 192 g/mol. The highest BCUT2D eigenvalue weighted by molar-refractivity contribution is 5.25. The molecule has 0 heteroatoms. The second-order valence-electron chi connectivity index (χ2n) is 5.65. The monoisotopic (exact) mass is 220 g/mol. The standard InChI is InChI=1S/C16H28/c1-8-16(6,7)12-11-14(4)9-10-15(5)13(2)3/h9-13H,8H2,1-7H3/b12-11+,14-9+,15-10+. The molecule has 0 spiro atoms. The quantitative estimate of drug-likeness (QED) is 0.535. The molecular formula is C16H28. The maximum absolute atomic E-state index is 2.30. The maximum Gasteiger partial charge on any atom is -0.0174 e. The molecule has 0 unspecified atom stereocenters. The molecule has 0 nitrogen and oxygen atoms in total. The molecule has 0 aromatic heterocycles. The Morgan fingerprint density at radius 3 is 2.12 bits per heavy atom. The number of allylic oxidation sites excluding steroid dienone is 6. The summed E-state index contributed by atoms with van der Waals surface area (Å²) < 4.78 is 0. The van der Waals surface area contributed by atoms with Gasteiger partial charge in [0.15, 0.2) is 0 Å². The van der Waals surface area contributed by atoms with Crippen molar-refractivity contribution >= 4 is 0 Å². The molecule has 0 bridgehead atoms. The lowest BCUT2D eigenvalue weighted by Crippen LogP contribution is -2.04. The molecule has 0 amide bonds. The van der Waals surface area contributed by atoms with Crippen molar-refractivity contribution < 1.29 is 0 Å². The minimum atomic E-state index is 0.311. The maximum atomic E-state index is 2.30. The molecule has 0 aliphatic heterocycles. The van der Waals surface area contributed by atoms with Gasteiger partial charge in [-0.05, 0) is 31.6 Å². The van der Waals surface area contributed by atoms with E-state index in [1.54, 1.807) is 0 Å². The highest BCUT2D eigenvalue weighted by Gasteiger charge is 2.08. The zero-order valence-electron chi connectivity index (χ0n) is 12.1. The summed E-state index contributed by atoms with van der Waals surface area (Å²) in [4.78, 5) is 0. The van der Waals surface area contributed by atoms with Crippen molar-refractivity contribution in [3.8, 4) is 0 Å². The highest BCUT2D eigenvalue weighted by Crippen LogP contribution is 2.22. The van der Waals surface area contributed by atoms with E-state index in [1.807, 2.05) is 0 Å². The fourth-order valence-corrected chi connectivity index (χ4v) is 0.986. The Balaban J connectivity index is 4.53. The molecule has 0 aliphatic carbocycles. The van der Waals surface area contributed by atoms with Crippen molar-refractivity contribution in [2.24, 2.45) is 11.3 Å². The van der Waals surface area contributed by atoms with Crippen LogP contribution in [0.4, 0.5) is 0 Å². The Morgan fingerprint density at radius 2 is 1.69 bits per heavy atom. The second kappa shape index (κ2) is 6.73. The van der Waals surface area contributed by atoms with Crippen LogP contribution in [0, 0.1) is 11.3 Å². The van der Waals surface area contributed by atoms with Crippen molar-refractivity contribution in [2.75, 3.05) is 0 Å². The van der Waals surface area contributed by atoms with Gasteiger partial charge in [-0.3, -0.25) is 0 Å². The van der Waals surface area contributed by atoms with Gasteiger partial charge in [0.1, 0.15) is 0 Å². The fraction of sp³-hybridized carbons (Fsp3) is 0.625. The van der Waals surface area contributed by atoms with Crippen LogP contribution in [-0.4, -0.2) is 0 Å². The largest absolute Gasteiger partial charge is 0.0786 e. The van der Waals surface area contributed by atoms with Gasteiger partial charge in [0.25, 0.3) is 0 Å². The summed E-state index contributed by atoms with van der Waals surface area (Å²) in [5.41, 5.74) is 3.07. The number of hydrogen-bond acceptors (Lipinski definition) is 0. The van der Waals surface area contributed by atoms with Gasteiger partial charge in [-0.2, -0.15) is 0 Å². The van der Waals surface area contributed by atoms with Gasteiger partial charge >= 0.3 is 0 Å². The molecule has 0 saturated carbocycles. The molecule has 0 rings (SSSR count). The van der Waals surface area contributed by atoms with Gasteiger partial charge in [0.2, 0.25) is 0 Å². The van der Waals surface area contributed by atoms with Crippen LogP contribution in [0.15, 0.2) is 35.5 Å². The van der Waals surface area contributed by atoms with Crippen LogP contribution < -0.4 is 0 Å². The van der Waals surface area contributed by atoms with Crippen molar-refractivity contribution in [1.82, 2.24) is 0 Å². The molecule has 0 aliphatic rings. The average Bonchev–Trinajstić information content (AvgIpc) is 2.23. The fourth-order valence-electron chi connectivity index (χ4n) is 0.986. The summed E-state index contributed by atoms with van der Waals surface area (Å²) in [7, 11) is 0. The first-order chi connectivity index (χ1) is 7.28. The highest BCUT2D eigenvalue weighted by atomic mass is 14.1. The first kappa shape index (κ1) is 15.2. The van der Waals surface area contributed by atoms with Gasteiger partial charge in [-0.1, -0.05) is 70.1 Å². The van der Waals surface area contributed by atoms with E-state index >= 15 is 0 Å². The van der Waals surface area contributed by atoms with Gasteiger partial charge in [0.05, 0.1) is 0 Å². The van der Waals surface area contributed by atoms with E-state index in [2.05, 4.69) is 72.8 Å². The minimum Gasteiger partial charge on any atom is -0.0786 e. The van der Waals surface area contributed by atoms with E-state index < -0.39 is 0 Å². The third-order valence-corrected chi connectivity index (χ3v) is 3.23. The first-order valence-corrected chi connectivity index (χ1v) is 6.33. The zero-order chi connectivity index (χ0) is 12.8. The lowest BCUT2D eigenvalue weighted by molar-refractivity contribution is 0.462.